The molecule has 19 heteroatoms. The van der Waals surface area contributed by atoms with E-state index >= 15 is 8.78 Å². The lowest BCUT2D eigenvalue weighted by Gasteiger charge is -2.40. The number of alkyl halides is 2. The number of sulfonamides is 1. The van der Waals surface area contributed by atoms with E-state index in [9.17, 15) is 22.8 Å². The Balaban J connectivity index is 1.07. The van der Waals surface area contributed by atoms with Crippen LogP contribution >= 0.6 is 11.6 Å². The summed E-state index contributed by atoms with van der Waals surface area (Å²) in [4.78, 5) is 45.3. The number of anilines is 2. The largest absolute Gasteiger partial charge is 0.365 e. The van der Waals surface area contributed by atoms with Crippen molar-refractivity contribution in [2.45, 2.75) is 81.2 Å². The molecule has 6 rings (SSSR count). The van der Waals surface area contributed by atoms with Gasteiger partial charge >= 0.3 is 0 Å². The van der Waals surface area contributed by atoms with Crippen molar-refractivity contribution < 1.29 is 36.1 Å². The lowest BCUT2D eigenvalue weighted by Crippen LogP contribution is -2.55. The van der Waals surface area contributed by atoms with E-state index in [-0.39, 0.29) is 97.3 Å². The highest BCUT2D eigenvalue weighted by Crippen LogP contribution is 2.52. The third kappa shape index (κ3) is 11.2. The van der Waals surface area contributed by atoms with E-state index in [0.717, 1.165) is 11.1 Å². The summed E-state index contributed by atoms with van der Waals surface area (Å²) in [7, 11) is -3.88. The molecule has 9 N–H and O–H groups in total. The fourth-order valence-electron chi connectivity index (χ4n) is 9.37. The number of nitrogens with one attached hydrogen (secondary N) is 1. The second kappa shape index (κ2) is 19.6. The summed E-state index contributed by atoms with van der Waals surface area (Å²) < 4.78 is 62.6. The smallest absolute Gasteiger partial charge is 0.276 e. The van der Waals surface area contributed by atoms with Crippen LogP contribution in [0.25, 0.3) is 0 Å². The predicted octanol–water partition coefficient (Wildman–Crippen LogP) is 2.57. The van der Waals surface area contributed by atoms with Crippen molar-refractivity contribution in [2.24, 2.45) is 34.8 Å². The molecule has 0 spiro atoms. The maximum Gasteiger partial charge on any atom is 0.276 e. The van der Waals surface area contributed by atoms with Crippen molar-refractivity contribution in [1.82, 2.24) is 14.6 Å². The average Bonchev–Trinajstić information content (AvgIpc) is 3.86. The number of allylic oxidation sites excluding steroid dienone is 1. The number of nitrogens with zero attached hydrogens (tertiary/aromatic N) is 5. The molecule has 334 valence electrons. The summed E-state index contributed by atoms with van der Waals surface area (Å²) in [5, 5.41) is 3.00. The fourth-order valence-corrected chi connectivity index (χ4v) is 11.0. The number of benzene rings is 1. The molecular weight excluding hydrogens is 830 g/mol. The minimum absolute atomic E-state index is 0.0818. The third-order valence-corrected chi connectivity index (χ3v) is 14.7. The number of piperazine rings is 1. The van der Waals surface area contributed by atoms with Crippen LogP contribution in [0.1, 0.15) is 63.9 Å². The van der Waals surface area contributed by atoms with Crippen LogP contribution in [-0.4, -0.2) is 124 Å². The number of pyridine rings is 1. The van der Waals surface area contributed by atoms with Crippen LogP contribution in [-0.2, 0) is 30.3 Å². The lowest BCUT2D eigenvalue weighted by molar-refractivity contribution is -0.921. The summed E-state index contributed by atoms with van der Waals surface area (Å²) in [6, 6.07) is 8.12. The Morgan fingerprint density at radius 1 is 1.02 bits per heavy atom. The molecule has 4 aliphatic rings. The maximum atomic E-state index is 16.8. The minimum atomic E-state index is -3.88. The first-order valence-corrected chi connectivity index (χ1v) is 23.1. The first kappa shape index (κ1) is 46.5. The van der Waals surface area contributed by atoms with E-state index in [1.807, 2.05) is 6.92 Å². The Morgan fingerprint density at radius 3 is 2.23 bits per heavy atom. The molecule has 15 nitrogen and oxygen atoms in total. The Hall–Kier alpha value is -4.00. The molecule has 2 saturated heterocycles. The van der Waals surface area contributed by atoms with Crippen molar-refractivity contribution in [3.05, 3.63) is 64.0 Å². The van der Waals surface area contributed by atoms with Gasteiger partial charge in [-0.3, -0.25) is 14.4 Å². The molecule has 0 bridgehead atoms. The number of carbonyl (C=O) groups is 3. The van der Waals surface area contributed by atoms with Crippen LogP contribution in [0.15, 0.2) is 58.2 Å². The number of rotatable bonds is 20. The molecule has 2 aromatic rings. The zero-order valence-electron chi connectivity index (χ0n) is 34.8. The standard InChI is InChI=1S/C42H59ClF2N10O5S/c1-28-21-34(28)35-25-31(50-40(57)5-2-18-55(19-3-12-46,20-4-13-47)27-38(49)56)6-11-36(35)42(44,45)29-22-37(43)51-39(23-29)52-14-16-53(17-15-52)61(59,60)33-9-7-32(8-10-33)54-26-30(48)24-41(54)58/h7-10,22-23,30-31,35-36H,2-6,11-20,24-27,46-48H2,1H3,(H2-,49,50,56,57)/p+1/t30-,31+,35?,36+/m1/s1. The molecule has 3 fully saturated rings. The zero-order chi connectivity index (χ0) is 44.1. The number of hydrogen-bond donors (Lipinski definition) is 5. The van der Waals surface area contributed by atoms with E-state index in [2.05, 4.69) is 16.0 Å². The van der Waals surface area contributed by atoms with Gasteiger partial charge in [0.25, 0.3) is 11.8 Å². The van der Waals surface area contributed by atoms with Gasteiger partial charge in [0.05, 0.1) is 24.5 Å². The van der Waals surface area contributed by atoms with Crippen LogP contribution in [0.2, 0.25) is 5.15 Å². The number of halogens is 3. The molecular formula is C42H60ClF2N10O5S+. The van der Waals surface area contributed by atoms with Gasteiger partial charge in [-0.2, -0.15) is 4.31 Å². The van der Waals surface area contributed by atoms with Crippen molar-refractivity contribution in [2.75, 3.05) is 81.8 Å². The highest BCUT2D eigenvalue weighted by Gasteiger charge is 2.51. The van der Waals surface area contributed by atoms with Gasteiger partial charge in [0.1, 0.15) is 11.0 Å². The molecule has 1 saturated carbocycles. The minimum Gasteiger partial charge on any atom is -0.365 e. The Bertz CT molecular complexity index is 2100. The lowest BCUT2D eigenvalue weighted by atomic mass is 9.70. The summed E-state index contributed by atoms with van der Waals surface area (Å²) >= 11 is 6.42. The van der Waals surface area contributed by atoms with Crippen LogP contribution in [0.4, 0.5) is 20.3 Å². The second-order valence-corrected chi connectivity index (χ2v) is 19.3. The van der Waals surface area contributed by atoms with Gasteiger partial charge < -0.3 is 42.5 Å². The molecule has 3 amide bonds. The van der Waals surface area contributed by atoms with Gasteiger partial charge in [0.2, 0.25) is 21.8 Å². The van der Waals surface area contributed by atoms with Gasteiger partial charge in [-0.05, 0) is 75.7 Å². The monoisotopic (exact) mass is 889 g/mol. The van der Waals surface area contributed by atoms with Crippen molar-refractivity contribution >= 4 is 50.9 Å². The van der Waals surface area contributed by atoms with Crippen LogP contribution in [0.3, 0.4) is 0 Å². The summed E-state index contributed by atoms with van der Waals surface area (Å²) in [5.41, 5.74) is 28.2. The SMILES string of the molecule is CC1=C=C1C1C[C@@H](NC(=O)CCC[N+](CCCN)(CCCN)CC(N)=O)CC[C@@H]1C(F)(F)c1cc(Cl)nc(N2CCN(S(=O)(=O)c3ccc(N4C[C@H](N)CC4=O)cc3)CC2)c1. The third-order valence-electron chi connectivity index (χ3n) is 12.6. The first-order valence-electron chi connectivity index (χ1n) is 21.2. The van der Waals surface area contributed by atoms with Crippen LogP contribution < -0.4 is 38.1 Å². The highest BCUT2D eigenvalue weighted by molar-refractivity contribution is 7.89. The maximum absolute atomic E-state index is 16.8. The van der Waals surface area contributed by atoms with Gasteiger partial charge in [-0.1, -0.05) is 11.6 Å². The van der Waals surface area contributed by atoms with Crippen molar-refractivity contribution in [1.29, 1.82) is 0 Å². The van der Waals surface area contributed by atoms with Gasteiger partial charge in [-0.25, -0.2) is 22.2 Å². The Labute approximate surface area is 362 Å². The normalized spacial score (nSPS) is 22.6. The fraction of sp³-hybridized carbons (Fsp3) is 0.595. The summed E-state index contributed by atoms with van der Waals surface area (Å²) in [6.07, 6.45) is 3.21. The average molecular weight is 891 g/mol. The number of carbonyl (C=O) groups excluding carboxylic acids is 3. The number of nitrogens with two attached hydrogens (primary N) is 4. The van der Waals surface area contributed by atoms with E-state index in [0.29, 0.717) is 81.5 Å². The zero-order valence-corrected chi connectivity index (χ0v) is 36.4. The van der Waals surface area contributed by atoms with E-state index in [1.54, 1.807) is 21.9 Å². The molecule has 0 radical (unpaired) electrons. The summed E-state index contributed by atoms with van der Waals surface area (Å²) in [5.74, 6) is -5.41. The molecule has 3 heterocycles. The van der Waals surface area contributed by atoms with Gasteiger partial charge in [0.15, 0.2) is 6.54 Å². The number of aromatic nitrogens is 1. The van der Waals surface area contributed by atoms with E-state index in [1.165, 1.54) is 28.6 Å². The van der Waals surface area contributed by atoms with Crippen molar-refractivity contribution in [3.8, 4) is 0 Å². The number of hydrogen-bond acceptors (Lipinski definition) is 10. The highest BCUT2D eigenvalue weighted by atomic mass is 35.5. The van der Waals surface area contributed by atoms with Gasteiger partial charge in [0, 0.05) is 111 Å². The van der Waals surface area contributed by atoms with Gasteiger partial charge in [-0.15, -0.1) is 5.73 Å². The van der Waals surface area contributed by atoms with Crippen LogP contribution in [0, 0.1) is 11.8 Å². The second-order valence-electron chi connectivity index (χ2n) is 17.0. The van der Waals surface area contributed by atoms with Crippen LogP contribution in [0.5, 0.6) is 0 Å². The Kier molecular flexibility index (Phi) is 14.9. The van der Waals surface area contributed by atoms with Crippen molar-refractivity contribution in [3.63, 3.8) is 0 Å². The molecule has 2 aliphatic carbocycles. The summed E-state index contributed by atoms with van der Waals surface area (Å²) in [6.45, 7) is 5.77. The van der Waals surface area contributed by atoms with E-state index < -0.39 is 33.7 Å². The first-order chi connectivity index (χ1) is 29.0. The topological polar surface area (TPSA) is 224 Å². The van der Waals surface area contributed by atoms with E-state index in [4.69, 9.17) is 34.5 Å². The number of amides is 3. The predicted molar refractivity (Wildman–Crippen MR) is 230 cm³/mol. The molecule has 1 unspecified atom stereocenters. The number of primary amides is 1. The quantitative estimate of drug-likeness (QED) is 0.0743. The Morgan fingerprint density at radius 2 is 1.66 bits per heavy atom. The number of quaternary nitrogens is 1. The molecule has 4 atom stereocenters. The molecule has 1 aromatic heterocycles. The molecule has 2 aliphatic heterocycles. The molecule has 61 heavy (non-hydrogen) atoms. The molecule has 1 aromatic carbocycles.